The monoisotopic (exact) mass is 510 g/mol. The summed E-state index contributed by atoms with van der Waals surface area (Å²) in [6, 6.07) is 0. The van der Waals surface area contributed by atoms with Crippen LogP contribution in [-0.2, 0) is 9.84 Å². The lowest BCUT2D eigenvalue weighted by molar-refractivity contribution is -0.439. The second-order valence-corrected chi connectivity index (χ2v) is 9.35. The summed E-state index contributed by atoms with van der Waals surface area (Å²) in [5, 5.41) is 7.81. The van der Waals surface area contributed by atoms with Crippen LogP contribution in [-0.4, -0.2) is 66.4 Å². The highest BCUT2D eigenvalue weighted by Crippen LogP contribution is 2.60. The Morgan fingerprint density at radius 2 is 1.10 bits per heavy atom. The Morgan fingerprint density at radius 3 is 1.52 bits per heavy atom. The van der Waals surface area contributed by atoms with E-state index in [0.717, 1.165) is 0 Å². The predicted molar refractivity (Wildman–Crippen MR) is 77.5 cm³/mol. The first kappa shape index (κ1) is 28.0. The van der Waals surface area contributed by atoms with Crippen molar-refractivity contribution >= 4 is 9.84 Å². The number of halogens is 13. The molecule has 0 aromatic heterocycles. The minimum Gasteiger partial charge on any atom is -0.392 e. The zero-order valence-electron chi connectivity index (χ0n) is 15.0. The molecule has 0 aromatic carbocycles. The molecule has 1 aliphatic rings. The van der Waals surface area contributed by atoms with E-state index in [-0.39, 0.29) is 19.3 Å². The van der Waals surface area contributed by atoms with Gasteiger partial charge in [0.25, 0.3) is 0 Å². The summed E-state index contributed by atoms with van der Waals surface area (Å²) in [5.41, 5.74) is 0. The van der Waals surface area contributed by atoms with Gasteiger partial charge in [-0.1, -0.05) is 12.8 Å². The molecular formula is C14H15F13O3S. The van der Waals surface area contributed by atoms with E-state index < -0.39 is 69.2 Å². The van der Waals surface area contributed by atoms with Gasteiger partial charge >= 0.3 is 35.8 Å². The van der Waals surface area contributed by atoms with E-state index in [1.165, 1.54) is 0 Å². The molecule has 1 N–H and O–H groups in total. The Hall–Kier alpha value is -1.00. The van der Waals surface area contributed by atoms with Crippen LogP contribution in [0.2, 0.25) is 0 Å². The maximum Gasteiger partial charge on any atom is 0.460 e. The summed E-state index contributed by atoms with van der Waals surface area (Å²) in [5.74, 6) is -39.8. The SMILES string of the molecule is O=S(=O)(CCC(F)(F)C(F)(F)C(F)(F)C(F)(F)C(F)(F)C(F)(F)F)[C@H]1CCCC[C@@H]1O. The number of hydrogen-bond donors (Lipinski definition) is 1. The fraction of sp³-hybridized carbons (Fsp3) is 1.00. The molecular weight excluding hydrogens is 495 g/mol. The van der Waals surface area contributed by atoms with Gasteiger partial charge in [0.2, 0.25) is 0 Å². The van der Waals surface area contributed by atoms with E-state index in [1.807, 2.05) is 0 Å². The topological polar surface area (TPSA) is 54.4 Å². The molecule has 0 unspecified atom stereocenters. The maximum atomic E-state index is 13.7. The number of sulfone groups is 1. The van der Waals surface area contributed by atoms with Crippen LogP contribution < -0.4 is 0 Å². The van der Waals surface area contributed by atoms with E-state index in [9.17, 15) is 70.6 Å². The normalized spacial score (nSPS) is 23.2. The third kappa shape index (κ3) is 4.57. The summed E-state index contributed by atoms with van der Waals surface area (Å²) >= 11 is 0. The van der Waals surface area contributed by atoms with E-state index in [4.69, 9.17) is 0 Å². The Morgan fingerprint density at radius 1 is 0.677 bits per heavy atom. The molecule has 17 heteroatoms. The Labute approximate surface area is 166 Å². The fourth-order valence-corrected chi connectivity index (χ4v) is 4.86. The molecule has 1 aliphatic carbocycles. The van der Waals surface area contributed by atoms with Gasteiger partial charge in [0, 0.05) is 6.42 Å². The van der Waals surface area contributed by atoms with Crippen molar-refractivity contribution in [3.8, 4) is 0 Å². The lowest BCUT2D eigenvalue weighted by Gasteiger charge is -2.39. The first-order valence-corrected chi connectivity index (χ1v) is 10.0. The summed E-state index contributed by atoms with van der Waals surface area (Å²) in [4.78, 5) is 0. The largest absolute Gasteiger partial charge is 0.460 e. The van der Waals surface area contributed by atoms with Crippen LogP contribution in [0.1, 0.15) is 32.1 Å². The third-order valence-corrected chi connectivity index (χ3v) is 7.07. The average Bonchev–Trinajstić information content (AvgIpc) is 2.58. The van der Waals surface area contributed by atoms with Crippen LogP contribution in [0, 0.1) is 0 Å². The van der Waals surface area contributed by atoms with Crippen molar-refractivity contribution in [2.45, 2.75) is 79.2 Å². The predicted octanol–water partition coefficient (Wildman–Crippen LogP) is 4.83. The van der Waals surface area contributed by atoms with E-state index >= 15 is 0 Å². The van der Waals surface area contributed by atoms with Crippen LogP contribution in [0.15, 0.2) is 0 Å². The van der Waals surface area contributed by atoms with Crippen molar-refractivity contribution in [2.24, 2.45) is 0 Å². The van der Waals surface area contributed by atoms with E-state index in [0.29, 0.717) is 6.42 Å². The molecule has 2 atom stereocenters. The number of aliphatic hydroxyl groups is 1. The Bertz CT molecular complexity index is 745. The van der Waals surface area contributed by atoms with Crippen molar-refractivity contribution in [1.82, 2.24) is 0 Å². The molecule has 0 bridgehead atoms. The molecule has 1 saturated carbocycles. The van der Waals surface area contributed by atoms with Crippen LogP contribution in [0.25, 0.3) is 0 Å². The van der Waals surface area contributed by atoms with Crippen molar-refractivity contribution in [1.29, 1.82) is 0 Å². The van der Waals surface area contributed by atoms with Crippen LogP contribution in [0.4, 0.5) is 57.1 Å². The number of alkyl halides is 13. The second-order valence-electron chi connectivity index (χ2n) is 7.01. The van der Waals surface area contributed by atoms with Gasteiger partial charge in [0.05, 0.1) is 17.1 Å². The molecule has 0 aliphatic heterocycles. The Kier molecular flexibility index (Phi) is 7.32. The van der Waals surface area contributed by atoms with Gasteiger partial charge in [-0.25, -0.2) is 8.42 Å². The van der Waals surface area contributed by atoms with Gasteiger partial charge in [-0.15, -0.1) is 0 Å². The standard InChI is InChI=1S/C14H15F13O3S/c15-9(16,5-6-31(29,30)8-4-2-1-3-7(8)28)10(17,18)11(19,20)12(21,22)13(23,24)14(25,26)27/h7-8,28H,1-6H2/t7-,8-/m0/s1. The van der Waals surface area contributed by atoms with Crippen LogP contribution in [0.5, 0.6) is 0 Å². The molecule has 0 saturated heterocycles. The number of hydrogen-bond acceptors (Lipinski definition) is 3. The molecule has 186 valence electrons. The zero-order valence-corrected chi connectivity index (χ0v) is 15.8. The smallest absolute Gasteiger partial charge is 0.392 e. The summed E-state index contributed by atoms with van der Waals surface area (Å²) in [6.45, 7) is 0. The minimum absolute atomic E-state index is 0.132. The lowest BCUT2D eigenvalue weighted by atomic mass is 9.93. The molecule has 0 aromatic rings. The van der Waals surface area contributed by atoms with Crippen LogP contribution in [0.3, 0.4) is 0 Å². The summed E-state index contributed by atoms with van der Waals surface area (Å²) in [6.07, 6.45) is -11.9. The summed E-state index contributed by atoms with van der Waals surface area (Å²) < 4.78 is 193. The van der Waals surface area contributed by atoms with Gasteiger partial charge in [0.1, 0.15) is 0 Å². The van der Waals surface area contributed by atoms with E-state index in [1.54, 1.807) is 0 Å². The van der Waals surface area contributed by atoms with Gasteiger partial charge < -0.3 is 5.11 Å². The Balaban J connectivity index is 3.22. The highest BCUT2D eigenvalue weighted by Gasteiger charge is 2.90. The molecule has 0 spiro atoms. The van der Waals surface area contributed by atoms with Gasteiger partial charge in [-0.05, 0) is 12.8 Å². The van der Waals surface area contributed by atoms with Gasteiger partial charge in [-0.3, -0.25) is 0 Å². The number of aliphatic hydroxyl groups excluding tert-OH is 1. The highest BCUT2D eigenvalue weighted by atomic mass is 32.2. The minimum atomic E-state index is -8.02. The molecule has 0 amide bonds. The summed E-state index contributed by atoms with van der Waals surface area (Å²) in [7, 11) is -4.88. The number of rotatable bonds is 8. The third-order valence-electron chi connectivity index (χ3n) is 4.83. The average molecular weight is 510 g/mol. The van der Waals surface area contributed by atoms with Crippen molar-refractivity contribution in [2.75, 3.05) is 5.75 Å². The maximum absolute atomic E-state index is 13.7. The van der Waals surface area contributed by atoms with Gasteiger partial charge in [0.15, 0.2) is 9.84 Å². The molecule has 31 heavy (non-hydrogen) atoms. The molecule has 1 rings (SSSR count). The zero-order chi connectivity index (χ0) is 24.9. The van der Waals surface area contributed by atoms with Crippen LogP contribution >= 0.6 is 0 Å². The first-order valence-electron chi connectivity index (χ1n) is 8.33. The fourth-order valence-electron chi connectivity index (χ4n) is 2.88. The molecule has 1 fully saturated rings. The first-order chi connectivity index (χ1) is 13.5. The quantitative estimate of drug-likeness (QED) is 0.476. The van der Waals surface area contributed by atoms with Crippen molar-refractivity contribution in [3.63, 3.8) is 0 Å². The van der Waals surface area contributed by atoms with E-state index in [2.05, 4.69) is 0 Å². The molecule has 3 nitrogen and oxygen atoms in total. The molecule has 0 radical (unpaired) electrons. The van der Waals surface area contributed by atoms with Crippen molar-refractivity contribution in [3.05, 3.63) is 0 Å². The lowest BCUT2D eigenvalue weighted by Crippen LogP contribution is -2.70. The highest BCUT2D eigenvalue weighted by molar-refractivity contribution is 7.92. The van der Waals surface area contributed by atoms with Crippen molar-refractivity contribution < 1.29 is 70.6 Å². The second kappa shape index (κ2) is 8.09. The molecule has 0 heterocycles. The van der Waals surface area contributed by atoms with Gasteiger partial charge in [-0.2, -0.15) is 57.1 Å².